The van der Waals surface area contributed by atoms with Gasteiger partial charge in [-0.3, -0.25) is 14.5 Å². The van der Waals surface area contributed by atoms with Gasteiger partial charge in [-0.1, -0.05) is 23.2 Å². The molecule has 2 aromatic carbocycles. The predicted octanol–water partition coefficient (Wildman–Crippen LogP) is 4.67. The SMILES string of the molecule is COc1ccc(C(=O)Nc2c(Cl)cncc2Cl)c2c3cc(NS(C)(=O)=O)ccc3n(C)c12. The van der Waals surface area contributed by atoms with Gasteiger partial charge in [0.1, 0.15) is 5.75 Å². The normalized spacial score (nSPS) is 11.7. The summed E-state index contributed by atoms with van der Waals surface area (Å²) in [4.78, 5) is 17.2. The van der Waals surface area contributed by atoms with Gasteiger partial charge in [-0.15, -0.1) is 0 Å². The Morgan fingerprint density at radius 1 is 1.12 bits per heavy atom. The molecule has 32 heavy (non-hydrogen) atoms. The first-order chi connectivity index (χ1) is 15.1. The maximum atomic E-state index is 13.3. The lowest BCUT2D eigenvalue weighted by Gasteiger charge is -2.11. The lowest BCUT2D eigenvalue weighted by Crippen LogP contribution is -2.13. The topological polar surface area (TPSA) is 102 Å². The van der Waals surface area contributed by atoms with Crippen LogP contribution >= 0.6 is 23.2 Å². The fourth-order valence-electron chi connectivity index (χ4n) is 3.67. The van der Waals surface area contributed by atoms with Crippen molar-refractivity contribution >= 4 is 72.3 Å². The van der Waals surface area contributed by atoms with Crippen molar-refractivity contribution in [3.05, 3.63) is 58.3 Å². The van der Waals surface area contributed by atoms with Crippen LogP contribution in [-0.2, 0) is 17.1 Å². The van der Waals surface area contributed by atoms with Crippen LogP contribution in [0.1, 0.15) is 10.4 Å². The van der Waals surface area contributed by atoms with E-state index in [0.29, 0.717) is 33.3 Å². The Morgan fingerprint density at radius 2 is 1.81 bits per heavy atom. The molecule has 0 radical (unpaired) electrons. The van der Waals surface area contributed by atoms with E-state index in [2.05, 4.69) is 15.0 Å². The predicted molar refractivity (Wildman–Crippen MR) is 128 cm³/mol. The third kappa shape index (κ3) is 3.94. The number of pyridine rings is 1. The highest BCUT2D eigenvalue weighted by Crippen LogP contribution is 2.38. The van der Waals surface area contributed by atoms with Gasteiger partial charge in [-0.2, -0.15) is 0 Å². The molecular formula is C21H18Cl2N4O4S. The average Bonchev–Trinajstić information content (AvgIpc) is 3.01. The molecule has 2 heterocycles. The number of aromatic nitrogens is 2. The lowest BCUT2D eigenvalue weighted by molar-refractivity contribution is 0.102. The maximum absolute atomic E-state index is 13.3. The molecule has 0 saturated carbocycles. The molecule has 11 heteroatoms. The van der Waals surface area contributed by atoms with Crippen LogP contribution in [0.2, 0.25) is 10.0 Å². The third-order valence-corrected chi connectivity index (χ3v) is 6.14. The van der Waals surface area contributed by atoms with Crippen LogP contribution < -0.4 is 14.8 Å². The fraction of sp³-hybridized carbons (Fsp3) is 0.143. The van der Waals surface area contributed by atoms with Gasteiger partial charge in [0.2, 0.25) is 10.0 Å². The molecule has 0 aliphatic rings. The molecule has 0 unspecified atom stereocenters. The minimum atomic E-state index is -3.48. The van der Waals surface area contributed by atoms with E-state index in [9.17, 15) is 13.2 Å². The molecule has 0 aliphatic heterocycles. The molecule has 0 spiro atoms. The number of sulfonamides is 1. The Morgan fingerprint density at radius 3 is 2.44 bits per heavy atom. The number of carbonyl (C=O) groups is 1. The minimum absolute atomic E-state index is 0.202. The van der Waals surface area contributed by atoms with Crippen LogP contribution in [0.4, 0.5) is 11.4 Å². The van der Waals surface area contributed by atoms with Gasteiger partial charge < -0.3 is 14.6 Å². The van der Waals surface area contributed by atoms with Crippen molar-refractivity contribution < 1.29 is 17.9 Å². The number of nitrogens with zero attached hydrogens (tertiary/aromatic N) is 2. The van der Waals surface area contributed by atoms with E-state index in [0.717, 1.165) is 11.8 Å². The smallest absolute Gasteiger partial charge is 0.256 e. The Hall–Kier alpha value is -3.01. The van der Waals surface area contributed by atoms with E-state index in [-0.39, 0.29) is 15.7 Å². The number of fused-ring (bicyclic) bond motifs is 3. The van der Waals surface area contributed by atoms with Crippen LogP contribution in [0, 0.1) is 0 Å². The van der Waals surface area contributed by atoms with Crippen LogP contribution in [0.3, 0.4) is 0 Å². The number of methoxy groups -OCH3 is 1. The van der Waals surface area contributed by atoms with Crippen molar-refractivity contribution in [3.63, 3.8) is 0 Å². The number of benzene rings is 2. The van der Waals surface area contributed by atoms with Crippen LogP contribution in [0.15, 0.2) is 42.7 Å². The monoisotopic (exact) mass is 492 g/mol. The quantitative estimate of drug-likeness (QED) is 0.421. The van der Waals surface area contributed by atoms with E-state index in [1.807, 2.05) is 11.6 Å². The zero-order valence-corrected chi connectivity index (χ0v) is 19.6. The van der Waals surface area contributed by atoms with Crippen molar-refractivity contribution in [2.75, 3.05) is 23.4 Å². The molecule has 0 saturated heterocycles. The number of halogens is 2. The summed E-state index contributed by atoms with van der Waals surface area (Å²) in [6, 6.07) is 8.45. The molecule has 4 aromatic rings. The Labute approximate surface area is 194 Å². The highest BCUT2D eigenvalue weighted by molar-refractivity contribution is 7.92. The van der Waals surface area contributed by atoms with Gasteiger partial charge in [-0.05, 0) is 30.3 Å². The van der Waals surface area contributed by atoms with Crippen molar-refractivity contribution in [2.24, 2.45) is 7.05 Å². The Kier molecular flexibility index (Phi) is 5.66. The second-order valence-electron chi connectivity index (χ2n) is 7.14. The molecule has 0 bridgehead atoms. The van der Waals surface area contributed by atoms with E-state index in [1.165, 1.54) is 12.4 Å². The molecule has 4 rings (SSSR count). The van der Waals surface area contributed by atoms with Gasteiger partial charge in [-0.25, -0.2) is 8.42 Å². The average molecular weight is 493 g/mol. The van der Waals surface area contributed by atoms with Gasteiger partial charge in [0, 0.05) is 47.0 Å². The van der Waals surface area contributed by atoms with E-state index in [1.54, 1.807) is 37.4 Å². The number of aryl methyl sites for hydroxylation is 1. The summed E-state index contributed by atoms with van der Waals surface area (Å²) < 4.78 is 33.3. The number of hydrogen-bond acceptors (Lipinski definition) is 5. The molecule has 2 aromatic heterocycles. The lowest BCUT2D eigenvalue weighted by atomic mass is 10.0. The van der Waals surface area contributed by atoms with Crippen LogP contribution in [-0.4, -0.2) is 37.2 Å². The van der Waals surface area contributed by atoms with E-state index >= 15 is 0 Å². The number of ether oxygens (including phenoxy) is 1. The van der Waals surface area contributed by atoms with Gasteiger partial charge >= 0.3 is 0 Å². The summed E-state index contributed by atoms with van der Waals surface area (Å²) in [6.45, 7) is 0. The standard InChI is InChI=1S/C21H18Cl2N4O4S/c1-27-16-6-4-11(26-32(3,29)30)8-13(16)18-12(5-7-17(31-2)20(18)27)21(28)25-19-14(22)9-24-10-15(19)23/h4-10,26H,1-3H3,(H,24,25,28). The zero-order valence-electron chi connectivity index (χ0n) is 17.2. The van der Waals surface area contributed by atoms with Crippen molar-refractivity contribution in [1.29, 1.82) is 0 Å². The summed E-state index contributed by atoms with van der Waals surface area (Å²) in [5.41, 5.74) is 2.43. The van der Waals surface area contributed by atoms with Crippen molar-refractivity contribution in [1.82, 2.24) is 9.55 Å². The second-order valence-corrected chi connectivity index (χ2v) is 9.70. The first-order valence-corrected chi connectivity index (χ1v) is 11.9. The molecule has 1 amide bonds. The molecule has 0 aliphatic carbocycles. The molecule has 0 atom stereocenters. The first-order valence-electron chi connectivity index (χ1n) is 9.28. The Bertz CT molecular complexity index is 1480. The molecular weight excluding hydrogens is 475 g/mol. The molecule has 166 valence electrons. The van der Waals surface area contributed by atoms with Crippen molar-refractivity contribution in [3.8, 4) is 5.75 Å². The van der Waals surface area contributed by atoms with Crippen LogP contribution in [0.25, 0.3) is 21.8 Å². The number of nitrogens with one attached hydrogen (secondary N) is 2. The highest BCUT2D eigenvalue weighted by Gasteiger charge is 2.22. The summed E-state index contributed by atoms with van der Waals surface area (Å²) in [7, 11) is -0.0944. The minimum Gasteiger partial charge on any atom is -0.495 e. The number of rotatable bonds is 5. The largest absolute Gasteiger partial charge is 0.495 e. The van der Waals surface area contributed by atoms with E-state index in [4.69, 9.17) is 27.9 Å². The summed E-state index contributed by atoms with van der Waals surface area (Å²) in [5.74, 6) is 0.120. The van der Waals surface area contributed by atoms with Gasteiger partial charge in [0.15, 0.2) is 0 Å². The summed E-state index contributed by atoms with van der Waals surface area (Å²) >= 11 is 12.3. The van der Waals surface area contributed by atoms with Gasteiger partial charge in [0.05, 0.1) is 34.6 Å². The number of hydrogen-bond donors (Lipinski definition) is 2. The molecule has 8 nitrogen and oxygen atoms in total. The maximum Gasteiger partial charge on any atom is 0.256 e. The number of carbonyl (C=O) groups excluding carboxylic acids is 1. The Balaban J connectivity index is 1.96. The molecule has 2 N–H and O–H groups in total. The zero-order chi connectivity index (χ0) is 23.2. The highest BCUT2D eigenvalue weighted by atomic mass is 35.5. The summed E-state index contributed by atoms with van der Waals surface area (Å²) in [5, 5.41) is 4.42. The summed E-state index contributed by atoms with van der Waals surface area (Å²) in [6.07, 6.45) is 3.84. The third-order valence-electron chi connectivity index (χ3n) is 4.96. The van der Waals surface area contributed by atoms with E-state index < -0.39 is 15.9 Å². The first kappa shape index (κ1) is 22.2. The van der Waals surface area contributed by atoms with Crippen molar-refractivity contribution in [2.45, 2.75) is 0 Å². The molecule has 0 fully saturated rings. The van der Waals surface area contributed by atoms with Gasteiger partial charge in [0.25, 0.3) is 5.91 Å². The second kappa shape index (κ2) is 8.16. The number of anilines is 2. The van der Waals surface area contributed by atoms with Crippen LogP contribution in [0.5, 0.6) is 5.75 Å². The number of amides is 1. The fourth-order valence-corrected chi connectivity index (χ4v) is 4.68.